The van der Waals surface area contributed by atoms with Gasteiger partial charge in [0.1, 0.15) is 0 Å². The van der Waals surface area contributed by atoms with Gasteiger partial charge in [-0.15, -0.1) is 0 Å². The number of ketones is 1. The molecule has 18 heavy (non-hydrogen) atoms. The second-order valence-electron chi connectivity index (χ2n) is 5.48. The normalized spacial score (nSPS) is 24.1. The van der Waals surface area contributed by atoms with E-state index in [2.05, 4.69) is 24.8 Å². The van der Waals surface area contributed by atoms with Crippen LogP contribution in [0.5, 0.6) is 0 Å². The standard InChI is InChI=1S/C16H23NO/c1-4-16(18)14-7-5-6-8-15(14)17-10-9-12(2)13(3)11-17/h5-8,12-13H,4,9-11H2,1-3H3. The average Bonchev–Trinajstić information content (AvgIpc) is 2.41. The van der Waals surface area contributed by atoms with Crippen molar-refractivity contribution in [1.82, 2.24) is 0 Å². The lowest BCUT2D eigenvalue weighted by atomic mass is 9.88. The summed E-state index contributed by atoms with van der Waals surface area (Å²) in [5.41, 5.74) is 2.02. The molecular weight excluding hydrogens is 222 g/mol. The zero-order chi connectivity index (χ0) is 13.1. The van der Waals surface area contributed by atoms with Crippen molar-refractivity contribution in [1.29, 1.82) is 0 Å². The van der Waals surface area contributed by atoms with Crippen LogP contribution >= 0.6 is 0 Å². The van der Waals surface area contributed by atoms with Gasteiger partial charge in [0.25, 0.3) is 0 Å². The van der Waals surface area contributed by atoms with E-state index in [-0.39, 0.29) is 5.78 Å². The number of hydrogen-bond donors (Lipinski definition) is 0. The molecule has 2 atom stereocenters. The molecule has 0 saturated carbocycles. The van der Waals surface area contributed by atoms with Crippen LogP contribution in [0, 0.1) is 11.8 Å². The summed E-state index contributed by atoms with van der Waals surface area (Å²) in [6.07, 6.45) is 1.80. The van der Waals surface area contributed by atoms with E-state index in [1.165, 1.54) is 6.42 Å². The Morgan fingerprint density at radius 2 is 2.00 bits per heavy atom. The predicted octanol–water partition coefficient (Wildman–Crippen LogP) is 3.76. The second kappa shape index (κ2) is 5.55. The third kappa shape index (κ3) is 2.58. The smallest absolute Gasteiger partial charge is 0.164 e. The van der Waals surface area contributed by atoms with E-state index in [1.54, 1.807) is 0 Å². The molecule has 0 bridgehead atoms. The highest BCUT2D eigenvalue weighted by atomic mass is 16.1. The van der Waals surface area contributed by atoms with Gasteiger partial charge in [-0.3, -0.25) is 4.79 Å². The van der Waals surface area contributed by atoms with Gasteiger partial charge in [-0.05, 0) is 30.4 Å². The Morgan fingerprint density at radius 3 is 2.67 bits per heavy atom. The van der Waals surface area contributed by atoms with Crippen molar-refractivity contribution in [2.24, 2.45) is 11.8 Å². The van der Waals surface area contributed by atoms with Gasteiger partial charge < -0.3 is 4.90 Å². The molecule has 0 N–H and O–H groups in total. The third-order valence-electron chi connectivity index (χ3n) is 4.20. The first kappa shape index (κ1) is 13.1. The molecule has 2 nitrogen and oxygen atoms in total. The molecule has 1 aromatic carbocycles. The van der Waals surface area contributed by atoms with Gasteiger partial charge in [0, 0.05) is 30.8 Å². The van der Waals surface area contributed by atoms with E-state index < -0.39 is 0 Å². The first-order valence-electron chi connectivity index (χ1n) is 7.00. The molecule has 98 valence electrons. The number of anilines is 1. The van der Waals surface area contributed by atoms with Crippen molar-refractivity contribution in [3.63, 3.8) is 0 Å². The first-order valence-corrected chi connectivity index (χ1v) is 7.00. The van der Waals surface area contributed by atoms with Gasteiger partial charge in [-0.1, -0.05) is 32.9 Å². The first-order chi connectivity index (χ1) is 8.63. The van der Waals surface area contributed by atoms with Gasteiger partial charge in [-0.2, -0.15) is 0 Å². The number of hydrogen-bond acceptors (Lipinski definition) is 2. The molecule has 1 aromatic rings. The summed E-state index contributed by atoms with van der Waals surface area (Å²) >= 11 is 0. The van der Waals surface area contributed by atoms with Gasteiger partial charge in [0.2, 0.25) is 0 Å². The minimum Gasteiger partial charge on any atom is -0.371 e. The largest absolute Gasteiger partial charge is 0.371 e. The van der Waals surface area contributed by atoms with Crippen LogP contribution in [0.3, 0.4) is 0 Å². The lowest BCUT2D eigenvalue weighted by Crippen LogP contribution is -2.39. The number of benzene rings is 1. The second-order valence-corrected chi connectivity index (χ2v) is 5.48. The van der Waals surface area contributed by atoms with Gasteiger partial charge in [0.15, 0.2) is 5.78 Å². The molecule has 2 heteroatoms. The number of Topliss-reactive ketones (excluding diaryl/α,β-unsaturated/α-hetero) is 1. The van der Waals surface area contributed by atoms with Crippen molar-refractivity contribution in [2.75, 3.05) is 18.0 Å². The summed E-state index contributed by atoms with van der Waals surface area (Å²) in [4.78, 5) is 14.4. The van der Waals surface area contributed by atoms with Crippen molar-refractivity contribution >= 4 is 11.5 Å². The van der Waals surface area contributed by atoms with Gasteiger partial charge in [-0.25, -0.2) is 0 Å². The Bertz CT molecular complexity index is 427. The SMILES string of the molecule is CCC(=O)c1ccccc1N1CCC(C)C(C)C1. The zero-order valence-corrected chi connectivity index (χ0v) is 11.6. The molecule has 0 aromatic heterocycles. The summed E-state index contributed by atoms with van der Waals surface area (Å²) in [7, 11) is 0. The summed E-state index contributed by atoms with van der Waals surface area (Å²) in [6.45, 7) is 8.70. The van der Waals surface area contributed by atoms with Crippen LogP contribution in [0.1, 0.15) is 44.0 Å². The molecular formula is C16H23NO. The Balaban J connectivity index is 2.25. The molecule has 2 unspecified atom stereocenters. The molecule has 0 radical (unpaired) electrons. The van der Waals surface area contributed by atoms with Crippen LogP contribution in [-0.2, 0) is 0 Å². The maximum absolute atomic E-state index is 12.0. The number of rotatable bonds is 3. The quantitative estimate of drug-likeness (QED) is 0.756. The van der Waals surface area contributed by atoms with Crippen molar-refractivity contribution in [2.45, 2.75) is 33.6 Å². The number of carbonyl (C=O) groups excluding carboxylic acids is 1. The summed E-state index contributed by atoms with van der Waals surface area (Å²) in [5, 5.41) is 0. The predicted molar refractivity (Wildman–Crippen MR) is 76.2 cm³/mol. The highest BCUT2D eigenvalue weighted by molar-refractivity contribution is 6.01. The van der Waals surface area contributed by atoms with Crippen molar-refractivity contribution < 1.29 is 4.79 Å². The fourth-order valence-electron chi connectivity index (χ4n) is 2.66. The lowest BCUT2D eigenvalue weighted by molar-refractivity contribution is 0.0988. The van der Waals surface area contributed by atoms with E-state index in [4.69, 9.17) is 0 Å². The highest BCUT2D eigenvalue weighted by Crippen LogP contribution is 2.29. The summed E-state index contributed by atoms with van der Waals surface area (Å²) in [5.74, 6) is 1.73. The van der Waals surface area contributed by atoms with Gasteiger partial charge in [0.05, 0.1) is 0 Å². The van der Waals surface area contributed by atoms with E-state index in [9.17, 15) is 4.79 Å². The van der Waals surface area contributed by atoms with E-state index >= 15 is 0 Å². The van der Waals surface area contributed by atoms with Crippen LogP contribution in [-0.4, -0.2) is 18.9 Å². The van der Waals surface area contributed by atoms with Crippen molar-refractivity contribution in [3.05, 3.63) is 29.8 Å². The molecule has 1 saturated heterocycles. The van der Waals surface area contributed by atoms with E-state index in [0.717, 1.165) is 30.3 Å². The molecule has 0 amide bonds. The minimum atomic E-state index is 0.247. The maximum Gasteiger partial charge on any atom is 0.164 e. The van der Waals surface area contributed by atoms with Crippen LogP contribution in [0.15, 0.2) is 24.3 Å². The van der Waals surface area contributed by atoms with E-state index in [0.29, 0.717) is 12.3 Å². The minimum absolute atomic E-state index is 0.247. The summed E-state index contributed by atoms with van der Waals surface area (Å²) < 4.78 is 0. The molecule has 1 aliphatic heterocycles. The Labute approximate surface area is 110 Å². The Morgan fingerprint density at radius 1 is 1.28 bits per heavy atom. The van der Waals surface area contributed by atoms with Crippen LogP contribution in [0.2, 0.25) is 0 Å². The third-order valence-corrected chi connectivity index (χ3v) is 4.20. The Hall–Kier alpha value is -1.31. The summed E-state index contributed by atoms with van der Waals surface area (Å²) in [6, 6.07) is 8.04. The Kier molecular flexibility index (Phi) is 4.05. The van der Waals surface area contributed by atoms with Crippen LogP contribution in [0.25, 0.3) is 0 Å². The number of piperidine rings is 1. The molecule has 0 aliphatic carbocycles. The number of carbonyl (C=O) groups is 1. The van der Waals surface area contributed by atoms with E-state index in [1.807, 2.05) is 25.1 Å². The van der Waals surface area contributed by atoms with Crippen molar-refractivity contribution in [3.8, 4) is 0 Å². The fraction of sp³-hybridized carbons (Fsp3) is 0.562. The fourth-order valence-corrected chi connectivity index (χ4v) is 2.66. The average molecular weight is 245 g/mol. The zero-order valence-electron chi connectivity index (χ0n) is 11.6. The number of nitrogens with zero attached hydrogens (tertiary/aromatic N) is 1. The molecule has 1 fully saturated rings. The highest BCUT2D eigenvalue weighted by Gasteiger charge is 2.24. The molecule has 1 aliphatic rings. The molecule has 0 spiro atoms. The van der Waals surface area contributed by atoms with Crippen LogP contribution in [0.4, 0.5) is 5.69 Å². The maximum atomic E-state index is 12.0. The topological polar surface area (TPSA) is 20.3 Å². The van der Waals surface area contributed by atoms with Crippen LogP contribution < -0.4 is 4.90 Å². The molecule has 1 heterocycles. The van der Waals surface area contributed by atoms with Gasteiger partial charge >= 0.3 is 0 Å². The monoisotopic (exact) mass is 245 g/mol. The molecule has 2 rings (SSSR count). The number of para-hydroxylation sites is 1. The lowest BCUT2D eigenvalue weighted by Gasteiger charge is -2.37.